The number of rotatable bonds is 3. The molecule has 0 aliphatic carbocycles. The summed E-state index contributed by atoms with van der Waals surface area (Å²) in [5, 5.41) is 0.951. The van der Waals surface area contributed by atoms with Gasteiger partial charge in [0.05, 0.1) is 0 Å². The Hall–Kier alpha value is -1.58. The maximum atomic E-state index is 12.2. The number of aromatic nitrogens is 1. The van der Waals surface area contributed by atoms with E-state index in [0.717, 1.165) is 5.56 Å². The zero-order chi connectivity index (χ0) is 13.8. The Kier molecular flexibility index (Phi) is 4.40. The topological polar surface area (TPSA) is 33.2 Å². The average Bonchev–Trinajstić information content (AvgIpc) is 2.40. The van der Waals surface area contributed by atoms with E-state index >= 15 is 0 Å². The highest BCUT2D eigenvalue weighted by molar-refractivity contribution is 6.31. The summed E-state index contributed by atoms with van der Waals surface area (Å²) in [5.74, 6) is -0.121. The molecule has 98 valence electrons. The van der Waals surface area contributed by atoms with Crippen LogP contribution >= 0.6 is 23.2 Å². The fourth-order valence-electron chi connectivity index (χ4n) is 1.71. The van der Waals surface area contributed by atoms with Crippen LogP contribution in [0.4, 0.5) is 0 Å². The second kappa shape index (κ2) is 6.04. The third kappa shape index (κ3) is 3.46. The smallest absolute Gasteiger partial charge is 0.254 e. The predicted octanol–water partition coefficient (Wildman–Crippen LogP) is 3.66. The van der Waals surface area contributed by atoms with Gasteiger partial charge in [0.15, 0.2) is 0 Å². The Labute approximate surface area is 121 Å². The summed E-state index contributed by atoms with van der Waals surface area (Å²) in [5.41, 5.74) is 1.41. The van der Waals surface area contributed by atoms with Gasteiger partial charge in [-0.05, 0) is 23.8 Å². The van der Waals surface area contributed by atoms with Gasteiger partial charge in [-0.25, -0.2) is 4.98 Å². The molecule has 0 unspecified atom stereocenters. The number of carbonyl (C=O) groups is 1. The van der Waals surface area contributed by atoms with Gasteiger partial charge in [0, 0.05) is 30.4 Å². The van der Waals surface area contributed by atoms with Gasteiger partial charge in [0.1, 0.15) is 5.15 Å². The second-order valence-electron chi connectivity index (χ2n) is 4.12. The molecule has 0 bridgehead atoms. The van der Waals surface area contributed by atoms with Gasteiger partial charge in [-0.1, -0.05) is 41.4 Å². The fourth-order valence-corrected chi connectivity index (χ4v) is 2.08. The molecule has 1 heterocycles. The van der Waals surface area contributed by atoms with Crippen molar-refractivity contribution in [1.29, 1.82) is 0 Å². The zero-order valence-corrected chi connectivity index (χ0v) is 11.8. The molecule has 1 amide bonds. The highest BCUT2D eigenvalue weighted by atomic mass is 35.5. The molecule has 5 heteroatoms. The maximum Gasteiger partial charge on any atom is 0.254 e. The number of halogens is 2. The molecular weight excluding hydrogens is 283 g/mol. The third-order valence-corrected chi connectivity index (χ3v) is 3.26. The van der Waals surface area contributed by atoms with Crippen molar-refractivity contribution in [2.24, 2.45) is 0 Å². The van der Waals surface area contributed by atoms with E-state index in [2.05, 4.69) is 4.98 Å². The van der Waals surface area contributed by atoms with Crippen molar-refractivity contribution in [3.8, 4) is 0 Å². The molecule has 0 saturated carbocycles. The molecule has 0 aliphatic rings. The van der Waals surface area contributed by atoms with Crippen LogP contribution in [0.1, 0.15) is 15.9 Å². The minimum Gasteiger partial charge on any atom is -0.337 e. The summed E-state index contributed by atoms with van der Waals surface area (Å²) >= 11 is 11.9. The van der Waals surface area contributed by atoms with Gasteiger partial charge in [-0.3, -0.25) is 4.79 Å². The lowest BCUT2D eigenvalue weighted by atomic mass is 10.2. The van der Waals surface area contributed by atoms with Crippen LogP contribution in [-0.4, -0.2) is 22.8 Å². The van der Waals surface area contributed by atoms with Crippen molar-refractivity contribution in [3.05, 3.63) is 63.9 Å². The zero-order valence-electron chi connectivity index (χ0n) is 10.3. The van der Waals surface area contributed by atoms with Crippen molar-refractivity contribution in [1.82, 2.24) is 9.88 Å². The predicted molar refractivity (Wildman–Crippen MR) is 76.5 cm³/mol. The van der Waals surface area contributed by atoms with Crippen LogP contribution in [0.25, 0.3) is 0 Å². The quantitative estimate of drug-likeness (QED) is 0.810. The molecule has 0 spiro atoms. The van der Waals surface area contributed by atoms with Gasteiger partial charge in [0.25, 0.3) is 5.91 Å². The van der Waals surface area contributed by atoms with Crippen LogP contribution in [0.15, 0.2) is 42.6 Å². The minimum atomic E-state index is -0.121. The monoisotopic (exact) mass is 294 g/mol. The first-order valence-electron chi connectivity index (χ1n) is 5.68. The van der Waals surface area contributed by atoms with Crippen LogP contribution in [0.3, 0.4) is 0 Å². The average molecular weight is 295 g/mol. The van der Waals surface area contributed by atoms with E-state index in [9.17, 15) is 4.79 Å². The van der Waals surface area contributed by atoms with E-state index in [4.69, 9.17) is 23.2 Å². The SMILES string of the molecule is CN(Cc1ccccc1Cl)C(=O)c1ccnc(Cl)c1. The van der Waals surface area contributed by atoms with E-state index in [1.165, 1.54) is 6.20 Å². The lowest BCUT2D eigenvalue weighted by molar-refractivity contribution is 0.0785. The van der Waals surface area contributed by atoms with E-state index in [-0.39, 0.29) is 5.91 Å². The lowest BCUT2D eigenvalue weighted by Crippen LogP contribution is -2.26. The molecule has 0 atom stereocenters. The first kappa shape index (κ1) is 13.8. The van der Waals surface area contributed by atoms with Gasteiger partial charge in [-0.15, -0.1) is 0 Å². The molecule has 0 N–H and O–H groups in total. The van der Waals surface area contributed by atoms with Gasteiger partial charge < -0.3 is 4.90 Å². The summed E-state index contributed by atoms with van der Waals surface area (Å²) in [6, 6.07) is 10.6. The van der Waals surface area contributed by atoms with E-state index < -0.39 is 0 Å². The first-order valence-corrected chi connectivity index (χ1v) is 6.44. The van der Waals surface area contributed by atoms with Crippen LogP contribution in [0, 0.1) is 0 Å². The Balaban J connectivity index is 2.14. The van der Waals surface area contributed by atoms with E-state index in [1.54, 1.807) is 30.1 Å². The molecular formula is C14H12Cl2N2O. The highest BCUT2D eigenvalue weighted by Crippen LogP contribution is 2.18. The number of nitrogens with zero attached hydrogens (tertiary/aromatic N) is 2. The van der Waals surface area contributed by atoms with Crippen molar-refractivity contribution in [2.45, 2.75) is 6.54 Å². The number of carbonyl (C=O) groups excluding carboxylic acids is 1. The minimum absolute atomic E-state index is 0.121. The van der Waals surface area contributed by atoms with Gasteiger partial charge in [-0.2, -0.15) is 0 Å². The summed E-state index contributed by atoms with van der Waals surface area (Å²) in [6.45, 7) is 0.443. The number of hydrogen-bond donors (Lipinski definition) is 0. The summed E-state index contributed by atoms with van der Waals surface area (Å²) in [4.78, 5) is 17.7. The largest absolute Gasteiger partial charge is 0.337 e. The molecule has 0 fully saturated rings. The first-order chi connectivity index (χ1) is 9.08. The van der Waals surface area contributed by atoms with Crippen LogP contribution in [0.5, 0.6) is 0 Å². The van der Waals surface area contributed by atoms with Gasteiger partial charge >= 0.3 is 0 Å². The van der Waals surface area contributed by atoms with Crippen LogP contribution < -0.4 is 0 Å². The van der Waals surface area contributed by atoms with Crippen molar-refractivity contribution >= 4 is 29.1 Å². The summed E-state index contributed by atoms with van der Waals surface area (Å²) in [7, 11) is 1.72. The molecule has 0 radical (unpaired) electrons. The summed E-state index contributed by atoms with van der Waals surface area (Å²) < 4.78 is 0. The lowest BCUT2D eigenvalue weighted by Gasteiger charge is -2.18. The molecule has 1 aromatic carbocycles. The normalized spacial score (nSPS) is 10.3. The Morgan fingerprint density at radius 2 is 2.00 bits per heavy atom. The van der Waals surface area contributed by atoms with Crippen molar-refractivity contribution < 1.29 is 4.79 Å². The van der Waals surface area contributed by atoms with Crippen LogP contribution in [-0.2, 0) is 6.54 Å². The number of benzene rings is 1. The molecule has 2 aromatic rings. The van der Waals surface area contributed by atoms with E-state index in [1.807, 2.05) is 18.2 Å². The maximum absolute atomic E-state index is 12.2. The molecule has 1 aromatic heterocycles. The number of amides is 1. The molecule has 2 rings (SSSR count). The second-order valence-corrected chi connectivity index (χ2v) is 4.91. The van der Waals surface area contributed by atoms with Gasteiger partial charge in [0.2, 0.25) is 0 Å². The highest BCUT2D eigenvalue weighted by Gasteiger charge is 2.13. The number of hydrogen-bond acceptors (Lipinski definition) is 2. The van der Waals surface area contributed by atoms with Crippen molar-refractivity contribution in [3.63, 3.8) is 0 Å². The van der Waals surface area contributed by atoms with Crippen molar-refractivity contribution in [2.75, 3.05) is 7.05 Å². The standard InChI is InChI=1S/C14H12Cl2N2O/c1-18(9-11-4-2-3-5-12(11)15)14(19)10-6-7-17-13(16)8-10/h2-8H,9H2,1H3. The molecule has 19 heavy (non-hydrogen) atoms. The Morgan fingerprint density at radius 3 is 2.68 bits per heavy atom. The molecule has 0 aliphatic heterocycles. The Morgan fingerprint density at radius 1 is 1.26 bits per heavy atom. The molecule has 0 saturated heterocycles. The molecule has 3 nitrogen and oxygen atoms in total. The fraction of sp³-hybridized carbons (Fsp3) is 0.143. The summed E-state index contributed by atoms with van der Waals surface area (Å²) in [6.07, 6.45) is 1.51. The third-order valence-electron chi connectivity index (χ3n) is 2.69. The van der Waals surface area contributed by atoms with Crippen LogP contribution in [0.2, 0.25) is 10.2 Å². The number of pyridine rings is 1. The van der Waals surface area contributed by atoms with E-state index in [0.29, 0.717) is 22.3 Å². The Bertz CT molecular complexity index is 602.